The number of aliphatic hydroxyl groups is 2. The van der Waals surface area contributed by atoms with Crippen LogP contribution in [0.1, 0.15) is 107 Å². The zero-order valence-electron chi connectivity index (χ0n) is 22.3. The number of aliphatic hydroxyl groups excluding tert-OH is 2. The molecule has 0 aliphatic rings. The van der Waals surface area contributed by atoms with Crippen LogP contribution in [0.3, 0.4) is 0 Å². The quantitative estimate of drug-likeness (QED) is 0.236. The largest absolute Gasteiger partial charge is 0.392 e. The van der Waals surface area contributed by atoms with E-state index in [-0.39, 0.29) is 29.3 Å². The first-order chi connectivity index (χ1) is 14.2. The van der Waals surface area contributed by atoms with Gasteiger partial charge in [0.1, 0.15) is 0 Å². The molecule has 0 aromatic heterocycles. The molecular weight excluding hydrogens is 436 g/mol. The van der Waals surface area contributed by atoms with E-state index >= 15 is 0 Å². The zero-order chi connectivity index (χ0) is 23.4. The SMILES string of the molecule is CCCCN(CCCC)CC(O)C(C)C.CCCCN(CCCC)CC(O)C(C)C.[Cu]. The smallest absolute Gasteiger partial charge is 0.0689 e. The summed E-state index contributed by atoms with van der Waals surface area (Å²) in [6.45, 7) is 23.5. The van der Waals surface area contributed by atoms with Gasteiger partial charge in [-0.3, -0.25) is 0 Å². The van der Waals surface area contributed by atoms with Crippen molar-refractivity contribution in [2.75, 3.05) is 39.3 Å². The predicted octanol–water partition coefficient (Wildman–Crippen LogP) is 5.81. The van der Waals surface area contributed by atoms with Gasteiger partial charge in [0.25, 0.3) is 0 Å². The number of nitrogens with zero attached hydrogens (tertiary/aromatic N) is 2. The third-order valence-electron chi connectivity index (χ3n) is 5.74. The molecular formula is C26H58CuN2O2. The molecule has 0 heterocycles. The van der Waals surface area contributed by atoms with Crippen molar-refractivity contribution >= 4 is 0 Å². The van der Waals surface area contributed by atoms with E-state index in [9.17, 15) is 10.2 Å². The third-order valence-corrected chi connectivity index (χ3v) is 5.74. The van der Waals surface area contributed by atoms with E-state index in [4.69, 9.17) is 0 Å². The summed E-state index contributed by atoms with van der Waals surface area (Å²) < 4.78 is 0. The average Bonchev–Trinajstić information content (AvgIpc) is 2.71. The van der Waals surface area contributed by atoms with Crippen LogP contribution in [0.5, 0.6) is 0 Å². The van der Waals surface area contributed by atoms with Gasteiger partial charge in [-0.25, -0.2) is 0 Å². The normalized spacial score (nSPS) is 13.4. The molecule has 2 atom stereocenters. The molecule has 1 radical (unpaired) electrons. The number of hydrogen-bond donors (Lipinski definition) is 2. The van der Waals surface area contributed by atoms with Crippen LogP contribution in [0.15, 0.2) is 0 Å². The van der Waals surface area contributed by atoms with Gasteiger partial charge in [0.2, 0.25) is 0 Å². The molecule has 0 saturated heterocycles. The van der Waals surface area contributed by atoms with Crippen molar-refractivity contribution in [1.29, 1.82) is 0 Å². The van der Waals surface area contributed by atoms with Crippen LogP contribution >= 0.6 is 0 Å². The van der Waals surface area contributed by atoms with Crippen LogP contribution in [0.25, 0.3) is 0 Å². The molecule has 0 saturated carbocycles. The molecule has 0 bridgehead atoms. The van der Waals surface area contributed by atoms with E-state index in [1.165, 1.54) is 51.4 Å². The van der Waals surface area contributed by atoms with E-state index in [1.54, 1.807) is 0 Å². The summed E-state index contributed by atoms with van der Waals surface area (Å²) in [5.41, 5.74) is 0. The average molecular weight is 494 g/mol. The fourth-order valence-corrected chi connectivity index (χ4v) is 3.07. The van der Waals surface area contributed by atoms with Gasteiger partial charge in [-0.05, 0) is 63.7 Å². The van der Waals surface area contributed by atoms with Crippen LogP contribution < -0.4 is 0 Å². The first-order valence-corrected chi connectivity index (χ1v) is 13.0. The van der Waals surface area contributed by atoms with Gasteiger partial charge in [-0.15, -0.1) is 0 Å². The summed E-state index contributed by atoms with van der Waals surface area (Å²) in [7, 11) is 0. The van der Waals surface area contributed by atoms with Gasteiger partial charge >= 0.3 is 0 Å². The van der Waals surface area contributed by atoms with Crippen molar-refractivity contribution in [3.8, 4) is 0 Å². The van der Waals surface area contributed by atoms with Gasteiger partial charge < -0.3 is 20.0 Å². The van der Waals surface area contributed by atoms with Crippen LogP contribution in [0.4, 0.5) is 0 Å². The number of rotatable bonds is 18. The molecule has 4 nitrogen and oxygen atoms in total. The first-order valence-electron chi connectivity index (χ1n) is 13.0. The monoisotopic (exact) mass is 493 g/mol. The van der Waals surface area contributed by atoms with E-state index in [0.717, 1.165) is 39.3 Å². The van der Waals surface area contributed by atoms with Gasteiger partial charge in [0, 0.05) is 30.2 Å². The molecule has 31 heavy (non-hydrogen) atoms. The van der Waals surface area contributed by atoms with Crippen molar-refractivity contribution < 1.29 is 27.3 Å². The Hall–Kier alpha value is 0.359. The van der Waals surface area contributed by atoms with E-state index < -0.39 is 0 Å². The minimum Gasteiger partial charge on any atom is -0.392 e. The third kappa shape index (κ3) is 23.3. The van der Waals surface area contributed by atoms with E-state index in [0.29, 0.717) is 11.8 Å². The van der Waals surface area contributed by atoms with Gasteiger partial charge in [-0.1, -0.05) is 81.1 Å². The van der Waals surface area contributed by atoms with Gasteiger partial charge in [0.15, 0.2) is 0 Å². The fraction of sp³-hybridized carbons (Fsp3) is 1.00. The standard InChI is InChI=1S/2C13H29NO.Cu/c2*1-5-7-9-14(10-8-6-2)11-13(15)12(3)4;/h2*12-13,15H,5-11H2,1-4H3;. The Morgan fingerprint density at radius 2 is 0.742 bits per heavy atom. The minimum atomic E-state index is -0.168. The molecule has 0 fully saturated rings. The van der Waals surface area contributed by atoms with Crippen LogP contribution in [0.2, 0.25) is 0 Å². The molecule has 0 aromatic rings. The van der Waals surface area contributed by atoms with Crippen molar-refractivity contribution in [3.05, 3.63) is 0 Å². The summed E-state index contributed by atoms with van der Waals surface area (Å²) in [4.78, 5) is 4.83. The maximum absolute atomic E-state index is 9.85. The Balaban J connectivity index is -0.000000490. The van der Waals surface area contributed by atoms with Gasteiger partial charge in [0.05, 0.1) is 12.2 Å². The molecule has 0 aliphatic carbocycles. The topological polar surface area (TPSA) is 46.9 Å². The van der Waals surface area contributed by atoms with Crippen LogP contribution in [-0.2, 0) is 17.1 Å². The van der Waals surface area contributed by atoms with Crippen LogP contribution in [0, 0.1) is 11.8 Å². The maximum atomic E-state index is 9.85. The van der Waals surface area contributed by atoms with Gasteiger partial charge in [-0.2, -0.15) is 0 Å². The maximum Gasteiger partial charge on any atom is 0.0689 e. The first kappa shape index (κ1) is 35.9. The summed E-state index contributed by atoms with van der Waals surface area (Å²) in [5.74, 6) is 0.742. The molecule has 0 rings (SSSR count). The molecule has 0 spiro atoms. The molecule has 2 N–H and O–H groups in total. The molecule has 0 amide bonds. The van der Waals surface area contributed by atoms with Crippen LogP contribution in [-0.4, -0.2) is 71.5 Å². The van der Waals surface area contributed by atoms with E-state index in [1.807, 2.05) is 0 Å². The van der Waals surface area contributed by atoms with Crippen molar-refractivity contribution in [1.82, 2.24) is 9.80 Å². The molecule has 0 aliphatic heterocycles. The van der Waals surface area contributed by atoms with Crippen molar-refractivity contribution in [2.45, 2.75) is 119 Å². The summed E-state index contributed by atoms with van der Waals surface area (Å²) >= 11 is 0. The number of unbranched alkanes of at least 4 members (excludes halogenated alkanes) is 4. The fourth-order valence-electron chi connectivity index (χ4n) is 3.07. The Labute approximate surface area is 207 Å². The number of hydrogen-bond acceptors (Lipinski definition) is 4. The Morgan fingerprint density at radius 3 is 0.903 bits per heavy atom. The second-order valence-corrected chi connectivity index (χ2v) is 9.64. The molecule has 195 valence electrons. The molecule has 5 heteroatoms. The summed E-state index contributed by atoms with van der Waals surface area (Å²) in [6.07, 6.45) is 9.59. The van der Waals surface area contributed by atoms with E-state index in [2.05, 4.69) is 65.2 Å². The molecule has 0 aromatic carbocycles. The summed E-state index contributed by atoms with van der Waals surface area (Å²) in [5, 5.41) is 19.7. The Morgan fingerprint density at radius 1 is 0.516 bits per heavy atom. The van der Waals surface area contributed by atoms with Crippen molar-refractivity contribution in [2.24, 2.45) is 11.8 Å². The van der Waals surface area contributed by atoms with Crippen molar-refractivity contribution in [3.63, 3.8) is 0 Å². The Kier molecular flexibility index (Phi) is 29.0. The summed E-state index contributed by atoms with van der Waals surface area (Å²) in [6, 6.07) is 0. The minimum absolute atomic E-state index is 0. The zero-order valence-corrected chi connectivity index (χ0v) is 23.2. The predicted molar refractivity (Wildman–Crippen MR) is 134 cm³/mol. The Bertz CT molecular complexity index is 295. The molecule has 2 unspecified atom stereocenters. The second-order valence-electron chi connectivity index (χ2n) is 9.64. The second kappa shape index (κ2) is 25.0.